The summed E-state index contributed by atoms with van der Waals surface area (Å²) in [4.78, 5) is 23.5. The van der Waals surface area contributed by atoms with Gasteiger partial charge in [-0.15, -0.1) is 11.3 Å². The van der Waals surface area contributed by atoms with E-state index in [4.69, 9.17) is 0 Å². The molecule has 0 aliphatic rings. The van der Waals surface area contributed by atoms with Gasteiger partial charge in [0.1, 0.15) is 11.9 Å². The summed E-state index contributed by atoms with van der Waals surface area (Å²) in [5, 5.41) is 11.4. The Balaban J connectivity index is 1.26. The molecule has 7 nitrogen and oxygen atoms in total. The highest BCUT2D eigenvalue weighted by molar-refractivity contribution is 7.15. The normalized spacial score (nSPS) is 11.1. The zero-order valence-electron chi connectivity index (χ0n) is 19.5. The van der Waals surface area contributed by atoms with Crippen LogP contribution in [0.25, 0.3) is 21.3 Å². The van der Waals surface area contributed by atoms with Crippen LogP contribution in [0, 0.1) is 18.6 Å². The minimum Gasteiger partial charge on any atom is -0.363 e. The van der Waals surface area contributed by atoms with E-state index in [0.29, 0.717) is 23.5 Å². The minimum atomic E-state index is -0.951. The number of fused-ring (bicyclic) bond motifs is 1. The highest BCUT2D eigenvalue weighted by Gasteiger charge is 2.16. The van der Waals surface area contributed by atoms with Crippen molar-refractivity contribution in [2.24, 2.45) is 7.05 Å². The highest BCUT2D eigenvalue weighted by Crippen LogP contribution is 2.31. The van der Waals surface area contributed by atoms with Crippen molar-refractivity contribution in [2.75, 3.05) is 5.32 Å². The lowest BCUT2D eigenvalue weighted by molar-refractivity contribution is 0.0951. The summed E-state index contributed by atoms with van der Waals surface area (Å²) in [7, 11) is 1.73. The van der Waals surface area contributed by atoms with Gasteiger partial charge >= 0.3 is 0 Å². The Morgan fingerprint density at radius 1 is 1.03 bits per heavy atom. The number of nitrogens with zero attached hydrogens (tertiary/aromatic N) is 4. The molecule has 2 N–H and O–H groups in total. The molecule has 3 aromatic heterocycles. The van der Waals surface area contributed by atoms with Crippen LogP contribution >= 0.6 is 11.3 Å². The molecule has 0 aliphatic heterocycles. The molecule has 0 saturated heterocycles. The fourth-order valence-electron chi connectivity index (χ4n) is 3.85. The maximum atomic E-state index is 13.4. The largest absolute Gasteiger partial charge is 0.363 e. The number of benzene rings is 2. The summed E-state index contributed by atoms with van der Waals surface area (Å²) in [6.45, 7) is 2.52. The van der Waals surface area contributed by atoms with Gasteiger partial charge in [0, 0.05) is 40.6 Å². The molecule has 0 spiro atoms. The third kappa shape index (κ3) is 4.94. The fraction of sp³-hybridized carbons (Fsp3) is 0.154. The minimum absolute atomic E-state index is 0.0644. The van der Waals surface area contributed by atoms with E-state index in [2.05, 4.69) is 37.8 Å². The summed E-state index contributed by atoms with van der Waals surface area (Å²) in [6, 6.07) is 13.8. The van der Waals surface area contributed by atoms with Crippen LogP contribution < -0.4 is 10.6 Å². The van der Waals surface area contributed by atoms with E-state index in [9.17, 15) is 13.6 Å². The van der Waals surface area contributed by atoms with Gasteiger partial charge in [-0.25, -0.2) is 18.7 Å². The number of thiophene rings is 1. The summed E-state index contributed by atoms with van der Waals surface area (Å²) >= 11 is 1.65. The van der Waals surface area contributed by atoms with Crippen molar-refractivity contribution in [3.8, 4) is 10.4 Å². The number of amides is 1. The van der Waals surface area contributed by atoms with E-state index in [1.165, 1.54) is 6.07 Å². The van der Waals surface area contributed by atoms with Gasteiger partial charge in [-0.1, -0.05) is 12.1 Å². The van der Waals surface area contributed by atoms with Crippen LogP contribution in [0.15, 0.2) is 61.1 Å². The van der Waals surface area contributed by atoms with E-state index in [1.807, 2.05) is 25.1 Å². The van der Waals surface area contributed by atoms with E-state index in [1.54, 1.807) is 35.6 Å². The van der Waals surface area contributed by atoms with Crippen LogP contribution in [0.5, 0.6) is 0 Å². The monoisotopic (exact) mass is 504 g/mol. The molecule has 2 aromatic carbocycles. The van der Waals surface area contributed by atoms with Crippen molar-refractivity contribution in [3.63, 3.8) is 0 Å². The fourth-order valence-corrected chi connectivity index (χ4v) is 4.79. The molecule has 0 unspecified atom stereocenters. The zero-order chi connectivity index (χ0) is 25.2. The molecule has 0 radical (unpaired) electrons. The van der Waals surface area contributed by atoms with Crippen molar-refractivity contribution in [2.45, 2.75) is 20.0 Å². The molecular formula is C26H22F2N6OS. The van der Waals surface area contributed by atoms with Crippen molar-refractivity contribution >= 4 is 34.0 Å². The molecule has 0 fully saturated rings. The number of halogens is 2. The second-order valence-corrected chi connectivity index (χ2v) is 9.48. The Morgan fingerprint density at radius 2 is 1.89 bits per heavy atom. The Hall–Kier alpha value is -4.18. The highest BCUT2D eigenvalue weighted by atomic mass is 32.1. The van der Waals surface area contributed by atoms with Gasteiger partial charge in [0.2, 0.25) is 0 Å². The standard InChI is InChI=1S/C26H22F2N6OS/c1-15-19-10-17(4-7-23(19)32-14-31-15)24-8-5-18(36-24)12-29-25-20(13-34(2)33-25)26(35)30-11-16-3-6-21(27)22(28)9-16/h3-10,13-14H,11-12H2,1-2H3,(H,29,33)(H,30,35). The van der Waals surface area contributed by atoms with Crippen LogP contribution in [-0.4, -0.2) is 25.7 Å². The van der Waals surface area contributed by atoms with E-state index in [-0.39, 0.29) is 12.5 Å². The molecule has 36 heavy (non-hydrogen) atoms. The topological polar surface area (TPSA) is 84.7 Å². The summed E-state index contributed by atoms with van der Waals surface area (Å²) in [5.41, 5.74) is 3.76. The number of hydrogen-bond acceptors (Lipinski definition) is 6. The van der Waals surface area contributed by atoms with Crippen LogP contribution in [0.4, 0.5) is 14.6 Å². The number of rotatable bonds is 7. The van der Waals surface area contributed by atoms with E-state index >= 15 is 0 Å². The van der Waals surface area contributed by atoms with Gasteiger partial charge in [-0.3, -0.25) is 9.48 Å². The van der Waals surface area contributed by atoms with Crippen molar-refractivity contribution in [1.82, 2.24) is 25.1 Å². The number of hydrogen-bond donors (Lipinski definition) is 2. The quantitative estimate of drug-likeness (QED) is 0.318. The Bertz CT molecular complexity index is 1580. The van der Waals surface area contributed by atoms with E-state index < -0.39 is 11.6 Å². The lowest BCUT2D eigenvalue weighted by atomic mass is 10.1. The molecule has 5 aromatic rings. The van der Waals surface area contributed by atoms with Crippen LogP contribution in [0.1, 0.15) is 26.5 Å². The molecule has 0 bridgehead atoms. The second kappa shape index (κ2) is 9.82. The molecule has 0 atom stereocenters. The SMILES string of the molecule is Cc1ncnc2ccc(-c3ccc(CNc4nn(C)cc4C(=O)NCc4ccc(F)c(F)c4)s3)cc12. The first-order chi connectivity index (χ1) is 17.4. The van der Waals surface area contributed by atoms with E-state index in [0.717, 1.165) is 44.0 Å². The first kappa shape index (κ1) is 23.6. The Kier molecular flexibility index (Phi) is 6.43. The molecule has 0 saturated carbocycles. The van der Waals surface area contributed by atoms with Crippen LogP contribution in [-0.2, 0) is 20.1 Å². The average Bonchev–Trinajstić information content (AvgIpc) is 3.50. The van der Waals surface area contributed by atoms with Crippen molar-refractivity contribution in [3.05, 3.63) is 94.4 Å². The molecule has 1 amide bonds. The van der Waals surface area contributed by atoms with Gasteiger partial charge in [0.05, 0.1) is 12.1 Å². The number of anilines is 1. The number of carbonyl (C=O) groups excluding carboxylic acids is 1. The maximum Gasteiger partial charge on any atom is 0.256 e. The zero-order valence-corrected chi connectivity index (χ0v) is 20.4. The molecule has 0 aliphatic carbocycles. The van der Waals surface area contributed by atoms with Gasteiger partial charge in [0.25, 0.3) is 5.91 Å². The van der Waals surface area contributed by atoms with Gasteiger partial charge in [0.15, 0.2) is 17.5 Å². The predicted molar refractivity (Wildman–Crippen MR) is 136 cm³/mol. The number of carbonyl (C=O) groups is 1. The smallest absolute Gasteiger partial charge is 0.256 e. The first-order valence-corrected chi connectivity index (χ1v) is 12.0. The number of aromatic nitrogens is 4. The number of nitrogens with one attached hydrogen (secondary N) is 2. The Labute approximate surface area is 209 Å². The van der Waals surface area contributed by atoms with Gasteiger partial charge < -0.3 is 10.6 Å². The van der Waals surface area contributed by atoms with Gasteiger partial charge in [-0.2, -0.15) is 5.10 Å². The molecule has 5 rings (SSSR count). The lowest BCUT2D eigenvalue weighted by Crippen LogP contribution is -2.23. The molecular weight excluding hydrogens is 482 g/mol. The summed E-state index contributed by atoms with van der Waals surface area (Å²) in [6.07, 6.45) is 3.18. The Morgan fingerprint density at radius 3 is 2.72 bits per heavy atom. The molecule has 3 heterocycles. The predicted octanol–water partition coefficient (Wildman–Crippen LogP) is 5.22. The summed E-state index contributed by atoms with van der Waals surface area (Å²) in [5.74, 6) is -1.80. The molecule has 182 valence electrons. The van der Waals surface area contributed by atoms with Gasteiger partial charge in [-0.05, 0) is 54.4 Å². The maximum absolute atomic E-state index is 13.4. The number of aryl methyl sites for hydroxylation is 2. The molecule has 10 heteroatoms. The lowest BCUT2D eigenvalue weighted by Gasteiger charge is -2.07. The van der Waals surface area contributed by atoms with Crippen molar-refractivity contribution in [1.29, 1.82) is 0 Å². The summed E-state index contributed by atoms with van der Waals surface area (Å²) < 4.78 is 28.1. The average molecular weight is 505 g/mol. The van der Waals surface area contributed by atoms with Crippen molar-refractivity contribution < 1.29 is 13.6 Å². The van der Waals surface area contributed by atoms with Crippen LogP contribution in [0.2, 0.25) is 0 Å². The third-order valence-electron chi connectivity index (χ3n) is 5.72. The third-order valence-corrected chi connectivity index (χ3v) is 6.86. The second-order valence-electron chi connectivity index (χ2n) is 8.31. The first-order valence-electron chi connectivity index (χ1n) is 11.2. The van der Waals surface area contributed by atoms with Crippen LogP contribution in [0.3, 0.4) is 0 Å².